The van der Waals surface area contributed by atoms with Crippen molar-refractivity contribution in [1.82, 2.24) is 0 Å². The van der Waals surface area contributed by atoms with Crippen molar-refractivity contribution in [3.05, 3.63) is 24.3 Å². The molecule has 0 saturated carbocycles. The highest BCUT2D eigenvalue weighted by molar-refractivity contribution is 5.82. The van der Waals surface area contributed by atoms with Crippen LogP contribution >= 0.6 is 0 Å². The van der Waals surface area contributed by atoms with Crippen molar-refractivity contribution in [2.45, 2.75) is 26.7 Å². The molecule has 2 nitrogen and oxygen atoms in total. The normalized spacial score (nSPS) is 11.2. The van der Waals surface area contributed by atoms with E-state index in [1.165, 1.54) is 6.08 Å². The number of hydrogen-bond donors (Lipinski definition) is 0. The summed E-state index contributed by atoms with van der Waals surface area (Å²) in [7, 11) is 0. The fourth-order valence-electron chi connectivity index (χ4n) is 0.610. The zero-order valence-electron chi connectivity index (χ0n) is 7.75. The molecule has 0 rings (SSSR count). The maximum atomic E-state index is 10.8. The molecule has 2 heteroatoms. The highest BCUT2D eigenvalue weighted by Gasteiger charge is 1.93. The first kappa shape index (κ1) is 11.0. The van der Waals surface area contributed by atoms with Gasteiger partial charge in [-0.25, -0.2) is 4.79 Å². The topological polar surface area (TPSA) is 26.3 Å². The summed E-state index contributed by atoms with van der Waals surface area (Å²) >= 11 is 0. The summed E-state index contributed by atoms with van der Waals surface area (Å²) in [5.41, 5.74) is 0. The lowest BCUT2D eigenvalue weighted by molar-refractivity contribution is -0.137. The number of esters is 1. The van der Waals surface area contributed by atoms with Gasteiger partial charge in [-0.3, -0.25) is 0 Å². The van der Waals surface area contributed by atoms with E-state index in [2.05, 4.69) is 6.92 Å². The summed E-state index contributed by atoms with van der Waals surface area (Å²) in [5.74, 6) is -0.262. The first-order chi connectivity index (χ1) is 5.81. The molecular weight excluding hydrogens is 152 g/mol. The monoisotopic (exact) mass is 168 g/mol. The summed E-state index contributed by atoms with van der Waals surface area (Å²) in [4.78, 5) is 10.8. The Labute approximate surface area is 73.9 Å². The molecule has 0 atom stereocenters. The minimum atomic E-state index is -0.262. The van der Waals surface area contributed by atoms with Crippen LogP contribution < -0.4 is 0 Å². The average molecular weight is 168 g/mol. The van der Waals surface area contributed by atoms with Crippen LogP contribution in [-0.2, 0) is 9.53 Å². The molecule has 12 heavy (non-hydrogen) atoms. The molecule has 0 aromatic carbocycles. The van der Waals surface area contributed by atoms with Gasteiger partial charge in [0.25, 0.3) is 0 Å². The number of unbranched alkanes of at least 4 members (excludes halogenated alkanes) is 1. The van der Waals surface area contributed by atoms with Crippen molar-refractivity contribution in [2.24, 2.45) is 0 Å². The first-order valence-corrected chi connectivity index (χ1v) is 4.27. The highest BCUT2D eigenvalue weighted by Crippen LogP contribution is 1.89. The fraction of sp³-hybridized carbons (Fsp3) is 0.500. The van der Waals surface area contributed by atoms with Crippen LogP contribution in [0.1, 0.15) is 26.7 Å². The van der Waals surface area contributed by atoms with E-state index in [1.54, 1.807) is 12.2 Å². The van der Waals surface area contributed by atoms with Gasteiger partial charge < -0.3 is 4.74 Å². The predicted octanol–water partition coefficient (Wildman–Crippen LogP) is 2.46. The molecule has 0 N–H and O–H groups in total. The summed E-state index contributed by atoms with van der Waals surface area (Å²) in [6, 6.07) is 0. The van der Waals surface area contributed by atoms with Crippen LogP contribution in [0.25, 0.3) is 0 Å². The third-order valence-electron chi connectivity index (χ3n) is 1.28. The van der Waals surface area contributed by atoms with Gasteiger partial charge in [-0.15, -0.1) is 0 Å². The van der Waals surface area contributed by atoms with Gasteiger partial charge >= 0.3 is 5.97 Å². The molecule has 0 heterocycles. The lowest BCUT2D eigenvalue weighted by atomic mass is 10.4. The van der Waals surface area contributed by atoms with E-state index in [1.807, 2.05) is 13.0 Å². The van der Waals surface area contributed by atoms with Gasteiger partial charge in [0.15, 0.2) is 0 Å². The minimum absolute atomic E-state index is 0.262. The number of rotatable bonds is 5. The molecule has 0 fully saturated rings. The second-order valence-electron chi connectivity index (χ2n) is 2.41. The van der Waals surface area contributed by atoms with E-state index in [4.69, 9.17) is 4.74 Å². The molecule has 0 aliphatic carbocycles. The lowest BCUT2D eigenvalue weighted by Crippen LogP contribution is -2.01. The van der Waals surface area contributed by atoms with Crippen LogP contribution in [0.4, 0.5) is 0 Å². The summed E-state index contributed by atoms with van der Waals surface area (Å²) in [6.45, 7) is 4.48. The largest absolute Gasteiger partial charge is 0.463 e. The maximum Gasteiger partial charge on any atom is 0.330 e. The second-order valence-corrected chi connectivity index (χ2v) is 2.41. The van der Waals surface area contributed by atoms with Crippen molar-refractivity contribution in [3.8, 4) is 0 Å². The fourth-order valence-corrected chi connectivity index (χ4v) is 0.610. The standard InChI is InChI=1S/C10H16O2/c1-3-5-7-8-10(11)12-9-6-4-2/h3,5,7-8H,4,6,9H2,1-2H3/b5-3+,8-7-. The maximum absolute atomic E-state index is 10.8. The molecule has 0 unspecified atom stereocenters. The van der Waals surface area contributed by atoms with Crippen LogP contribution in [0.3, 0.4) is 0 Å². The predicted molar refractivity (Wildman–Crippen MR) is 49.8 cm³/mol. The number of ether oxygens (including phenoxy) is 1. The summed E-state index contributed by atoms with van der Waals surface area (Å²) in [6.07, 6.45) is 8.73. The Balaban J connectivity index is 3.45. The minimum Gasteiger partial charge on any atom is -0.463 e. The van der Waals surface area contributed by atoms with E-state index >= 15 is 0 Å². The van der Waals surface area contributed by atoms with Gasteiger partial charge in [0, 0.05) is 6.08 Å². The number of carbonyl (C=O) groups is 1. The SMILES string of the molecule is C/C=C/C=C\C(=O)OCCCC. The van der Waals surface area contributed by atoms with Crippen LogP contribution in [0, 0.1) is 0 Å². The Hall–Kier alpha value is -1.05. The molecule has 0 amide bonds. The number of carbonyl (C=O) groups excluding carboxylic acids is 1. The number of hydrogen-bond acceptors (Lipinski definition) is 2. The number of allylic oxidation sites excluding steroid dienone is 3. The van der Waals surface area contributed by atoms with Gasteiger partial charge in [0.05, 0.1) is 6.61 Å². The van der Waals surface area contributed by atoms with Gasteiger partial charge in [-0.2, -0.15) is 0 Å². The van der Waals surface area contributed by atoms with Gasteiger partial charge in [0.2, 0.25) is 0 Å². The molecule has 0 bridgehead atoms. The molecule has 0 spiro atoms. The van der Waals surface area contributed by atoms with Crippen LogP contribution in [0.5, 0.6) is 0 Å². The Bertz CT molecular complexity index is 169. The molecule has 68 valence electrons. The van der Waals surface area contributed by atoms with Crippen LogP contribution in [-0.4, -0.2) is 12.6 Å². The Kier molecular flexibility index (Phi) is 7.35. The van der Waals surface area contributed by atoms with Crippen molar-refractivity contribution in [1.29, 1.82) is 0 Å². The molecule has 0 radical (unpaired) electrons. The van der Waals surface area contributed by atoms with E-state index in [-0.39, 0.29) is 5.97 Å². The van der Waals surface area contributed by atoms with Crippen LogP contribution in [0.15, 0.2) is 24.3 Å². The molecule has 0 aliphatic heterocycles. The third-order valence-corrected chi connectivity index (χ3v) is 1.28. The highest BCUT2D eigenvalue weighted by atomic mass is 16.5. The summed E-state index contributed by atoms with van der Waals surface area (Å²) < 4.78 is 4.87. The van der Waals surface area contributed by atoms with Crippen molar-refractivity contribution in [3.63, 3.8) is 0 Å². The summed E-state index contributed by atoms with van der Waals surface area (Å²) in [5, 5.41) is 0. The smallest absolute Gasteiger partial charge is 0.330 e. The van der Waals surface area contributed by atoms with E-state index in [9.17, 15) is 4.79 Å². The van der Waals surface area contributed by atoms with E-state index in [0.29, 0.717) is 6.61 Å². The first-order valence-electron chi connectivity index (χ1n) is 4.27. The Morgan fingerprint density at radius 2 is 2.17 bits per heavy atom. The molecule has 0 aromatic heterocycles. The zero-order valence-corrected chi connectivity index (χ0v) is 7.75. The van der Waals surface area contributed by atoms with Gasteiger partial charge in [0.1, 0.15) is 0 Å². The molecular formula is C10H16O2. The molecule has 0 saturated heterocycles. The zero-order chi connectivity index (χ0) is 9.23. The Morgan fingerprint density at radius 3 is 2.75 bits per heavy atom. The van der Waals surface area contributed by atoms with Crippen molar-refractivity contribution in [2.75, 3.05) is 6.61 Å². The van der Waals surface area contributed by atoms with E-state index < -0.39 is 0 Å². The van der Waals surface area contributed by atoms with Gasteiger partial charge in [-0.1, -0.05) is 31.6 Å². The third kappa shape index (κ3) is 7.06. The van der Waals surface area contributed by atoms with Crippen LogP contribution in [0.2, 0.25) is 0 Å². The Morgan fingerprint density at radius 1 is 1.42 bits per heavy atom. The molecule has 0 aliphatic rings. The quantitative estimate of drug-likeness (QED) is 0.273. The second kappa shape index (κ2) is 8.05. The average Bonchev–Trinajstić information content (AvgIpc) is 2.06. The van der Waals surface area contributed by atoms with Gasteiger partial charge in [-0.05, 0) is 13.3 Å². The van der Waals surface area contributed by atoms with Crippen molar-refractivity contribution < 1.29 is 9.53 Å². The van der Waals surface area contributed by atoms with Crippen molar-refractivity contribution >= 4 is 5.97 Å². The van der Waals surface area contributed by atoms with E-state index in [0.717, 1.165) is 12.8 Å². The lowest BCUT2D eigenvalue weighted by Gasteiger charge is -1.97. The molecule has 0 aromatic rings.